The summed E-state index contributed by atoms with van der Waals surface area (Å²) in [7, 11) is 1.55. The second-order valence-corrected chi connectivity index (χ2v) is 5.64. The lowest BCUT2D eigenvalue weighted by Gasteiger charge is -2.21. The first-order chi connectivity index (χ1) is 11.8. The number of hydrogen-bond donors (Lipinski definition) is 0. The van der Waals surface area contributed by atoms with Crippen LogP contribution in [0.5, 0.6) is 0 Å². The van der Waals surface area contributed by atoms with Gasteiger partial charge in [-0.05, 0) is 31.2 Å². The first kappa shape index (κ1) is 18.4. The standard InChI is InChI=1S/C17H15ClN2O5/c1-11(16(21)19(2)13-6-4-3-5-7-13)25-17(22)14-10-12(18)8-9-15(14)20(23)24/h3-11H,1-2H3. The highest BCUT2D eigenvalue weighted by Crippen LogP contribution is 2.24. The van der Waals surface area contributed by atoms with E-state index in [2.05, 4.69) is 0 Å². The van der Waals surface area contributed by atoms with E-state index in [0.717, 1.165) is 12.1 Å². The molecule has 130 valence electrons. The van der Waals surface area contributed by atoms with Crippen molar-refractivity contribution in [2.24, 2.45) is 0 Å². The first-order valence-corrected chi connectivity index (χ1v) is 7.66. The van der Waals surface area contributed by atoms with E-state index in [-0.39, 0.29) is 10.6 Å². The number of nitrogens with zero attached hydrogens (tertiary/aromatic N) is 2. The fourth-order valence-electron chi connectivity index (χ4n) is 2.16. The molecule has 0 N–H and O–H groups in total. The fourth-order valence-corrected chi connectivity index (χ4v) is 2.33. The molecule has 0 bridgehead atoms. The Hall–Kier alpha value is -2.93. The second kappa shape index (κ2) is 7.76. The van der Waals surface area contributed by atoms with E-state index in [4.69, 9.17) is 16.3 Å². The van der Waals surface area contributed by atoms with Crippen molar-refractivity contribution >= 4 is 34.9 Å². The highest BCUT2D eigenvalue weighted by Gasteiger charge is 2.27. The number of carbonyl (C=O) groups excluding carboxylic acids is 2. The van der Waals surface area contributed by atoms with E-state index in [1.165, 1.54) is 17.9 Å². The molecular formula is C17H15ClN2O5. The molecule has 25 heavy (non-hydrogen) atoms. The van der Waals surface area contributed by atoms with Gasteiger partial charge in [-0.1, -0.05) is 29.8 Å². The average Bonchev–Trinajstić information content (AvgIpc) is 2.60. The molecule has 0 aliphatic carbocycles. The summed E-state index contributed by atoms with van der Waals surface area (Å²) in [4.78, 5) is 36.3. The molecule has 0 aliphatic rings. The third-order valence-corrected chi connectivity index (χ3v) is 3.72. The summed E-state index contributed by atoms with van der Waals surface area (Å²) in [5.74, 6) is -1.46. The van der Waals surface area contributed by atoms with Gasteiger partial charge >= 0.3 is 5.97 Å². The van der Waals surface area contributed by atoms with Crippen LogP contribution >= 0.6 is 11.6 Å². The van der Waals surface area contributed by atoms with Crippen LogP contribution in [0.2, 0.25) is 5.02 Å². The molecule has 0 fully saturated rings. The van der Waals surface area contributed by atoms with Gasteiger partial charge in [-0.15, -0.1) is 0 Å². The number of likely N-dealkylation sites (N-methyl/N-ethyl adjacent to an activating group) is 1. The minimum absolute atomic E-state index is 0.151. The Bertz CT molecular complexity index is 810. The number of esters is 1. The maximum absolute atomic E-state index is 12.4. The molecule has 1 unspecified atom stereocenters. The lowest BCUT2D eigenvalue weighted by Crippen LogP contribution is -2.37. The van der Waals surface area contributed by atoms with Gasteiger partial charge in [0.2, 0.25) is 0 Å². The third-order valence-electron chi connectivity index (χ3n) is 3.48. The molecule has 2 rings (SSSR count). The first-order valence-electron chi connectivity index (χ1n) is 7.28. The predicted octanol–water partition coefficient (Wildman–Crippen LogP) is 3.46. The van der Waals surface area contributed by atoms with Crippen molar-refractivity contribution in [1.29, 1.82) is 0 Å². The van der Waals surface area contributed by atoms with Crippen molar-refractivity contribution in [2.75, 3.05) is 11.9 Å². The average molecular weight is 363 g/mol. The summed E-state index contributed by atoms with van der Waals surface area (Å²) in [6.07, 6.45) is -1.13. The van der Waals surface area contributed by atoms with Crippen molar-refractivity contribution in [2.45, 2.75) is 13.0 Å². The largest absolute Gasteiger partial charge is 0.449 e. The highest BCUT2D eigenvalue weighted by molar-refractivity contribution is 6.31. The van der Waals surface area contributed by atoms with Gasteiger partial charge < -0.3 is 9.64 Å². The Balaban J connectivity index is 2.16. The third kappa shape index (κ3) is 4.33. The topological polar surface area (TPSA) is 89.7 Å². The van der Waals surface area contributed by atoms with Crippen LogP contribution in [0.4, 0.5) is 11.4 Å². The zero-order valence-corrected chi connectivity index (χ0v) is 14.3. The zero-order chi connectivity index (χ0) is 18.6. The quantitative estimate of drug-likeness (QED) is 0.461. The number of nitro groups is 1. The van der Waals surface area contributed by atoms with Crippen LogP contribution in [0.15, 0.2) is 48.5 Å². The molecule has 0 radical (unpaired) electrons. The number of ether oxygens (including phenoxy) is 1. The number of anilines is 1. The summed E-state index contributed by atoms with van der Waals surface area (Å²) in [5.41, 5.74) is -0.117. The van der Waals surface area contributed by atoms with E-state index in [1.807, 2.05) is 6.07 Å². The lowest BCUT2D eigenvalue weighted by molar-refractivity contribution is -0.385. The summed E-state index contributed by atoms with van der Waals surface area (Å²) < 4.78 is 5.09. The SMILES string of the molecule is CC(OC(=O)c1cc(Cl)ccc1[N+](=O)[O-])C(=O)N(C)c1ccccc1. The molecule has 0 aromatic heterocycles. The molecule has 0 saturated carbocycles. The Kier molecular flexibility index (Phi) is 5.71. The van der Waals surface area contributed by atoms with Crippen molar-refractivity contribution in [3.8, 4) is 0 Å². The van der Waals surface area contributed by atoms with Crippen LogP contribution in [0.3, 0.4) is 0 Å². The summed E-state index contributed by atoms with van der Waals surface area (Å²) >= 11 is 5.79. The Morgan fingerprint density at radius 2 is 1.84 bits per heavy atom. The summed E-state index contributed by atoms with van der Waals surface area (Å²) in [6.45, 7) is 1.40. The van der Waals surface area contributed by atoms with Crippen LogP contribution in [-0.4, -0.2) is 30.0 Å². The van der Waals surface area contributed by atoms with E-state index >= 15 is 0 Å². The zero-order valence-electron chi connectivity index (χ0n) is 13.5. The second-order valence-electron chi connectivity index (χ2n) is 5.20. The van der Waals surface area contributed by atoms with Crippen molar-refractivity contribution in [3.05, 3.63) is 69.2 Å². The van der Waals surface area contributed by atoms with Crippen LogP contribution in [-0.2, 0) is 9.53 Å². The minimum atomic E-state index is -1.13. The minimum Gasteiger partial charge on any atom is -0.449 e. The molecular weight excluding hydrogens is 348 g/mol. The van der Waals surface area contributed by atoms with Gasteiger partial charge in [-0.3, -0.25) is 14.9 Å². The highest BCUT2D eigenvalue weighted by atomic mass is 35.5. The van der Waals surface area contributed by atoms with Gasteiger partial charge in [-0.2, -0.15) is 0 Å². The summed E-state index contributed by atoms with van der Waals surface area (Å²) in [5, 5.41) is 11.2. The van der Waals surface area contributed by atoms with Gasteiger partial charge in [0.15, 0.2) is 6.10 Å². The monoisotopic (exact) mass is 362 g/mol. The van der Waals surface area contributed by atoms with Gasteiger partial charge in [-0.25, -0.2) is 4.79 Å². The molecule has 0 saturated heterocycles. The van der Waals surface area contributed by atoms with Gasteiger partial charge in [0.25, 0.3) is 11.6 Å². The molecule has 1 atom stereocenters. The smallest absolute Gasteiger partial charge is 0.345 e. The normalized spacial score (nSPS) is 11.5. The number of carbonyl (C=O) groups is 2. The maximum atomic E-state index is 12.4. The van der Waals surface area contributed by atoms with Crippen molar-refractivity contribution in [3.63, 3.8) is 0 Å². The van der Waals surface area contributed by atoms with Crippen molar-refractivity contribution < 1.29 is 19.2 Å². The van der Waals surface area contributed by atoms with E-state index < -0.39 is 28.6 Å². The van der Waals surface area contributed by atoms with Crippen LogP contribution in [0, 0.1) is 10.1 Å². The predicted molar refractivity (Wildman–Crippen MR) is 92.8 cm³/mol. The number of para-hydroxylation sites is 1. The van der Waals surface area contributed by atoms with Gasteiger partial charge in [0.1, 0.15) is 5.56 Å². The maximum Gasteiger partial charge on any atom is 0.345 e. The molecule has 8 heteroatoms. The number of benzene rings is 2. The van der Waals surface area contributed by atoms with Crippen LogP contribution in [0.1, 0.15) is 17.3 Å². The number of amides is 1. The number of hydrogen-bond acceptors (Lipinski definition) is 5. The molecule has 7 nitrogen and oxygen atoms in total. The number of rotatable bonds is 5. The molecule has 2 aromatic carbocycles. The fraction of sp³-hybridized carbons (Fsp3) is 0.176. The van der Waals surface area contributed by atoms with E-state index in [1.54, 1.807) is 31.3 Å². The van der Waals surface area contributed by atoms with Gasteiger partial charge in [0.05, 0.1) is 4.92 Å². The molecule has 0 spiro atoms. The molecule has 1 amide bonds. The lowest BCUT2D eigenvalue weighted by atomic mass is 10.2. The van der Waals surface area contributed by atoms with Gasteiger partial charge in [0, 0.05) is 23.8 Å². The molecule has 2 aromatic rings. The van der Waals surface area contributed by atoms with Crippen LogP contribution < -0.4 is 4.90 Å². The molecule has 0 aliphatic heterocycles. The van der Waals surface area contributed by atoms with E-state index in [9.17, 15) is 19.7 Å². The Morgan fingerprint density at radius 1 is 1.20 bits per heavy atom. The Labute approximate surface area is 148 Å². The molecule has 0 heterocycles. The van der Waals surface area contributed by atoms with Crippen molar-refractivity contribution in [1.82, 2.24) is 0 Å². The van der Waals surface area contributed by atoms with E-state index in [0.29, 0.717) is 5.69 Å². The number of nitro benzene ring substituents is 1. The Morgan fingerprint density at radius 3 is 2.44 bits per heavy atom. The number of halogens is 1. The summed E-state index contributed by atoms with van der Waals surface area (Å²) in [6, 6.07) is 12.4. The van der Waals surface area contributed by atoms with Crippen LogP contribution in [0.25, 0.3) is 0 Å².